The minimum atomic E-state index is 0.404. The van der Waals surface area contributed by atoms with Crippen LogP contribution < -0.4 is 5.32 Å². The van der Waals surface area contributed by atoms with Crippen LogP contribution in [0, 0.1) is 11.3 Å². The first-order chi connectivity index (χ1) is 7.07. The zero-order valence-corrected chi connectivity index (χ0v) is 11.0. The summed E-state index contributed by atoms with van der Waals surface area (Å²) in [4.78, 5) is 2.62. The topological polar surface area (TPSA) is 15.3 Å². The summed E-state index contributed by atoms with van der Waals surface area (Å²) in [5.74, 6) is 1.01. The average molecular weight is 212 g/mol. The predicted molar refractivity (Wildman–Crippen MR) is 67.2 cm³/mol. The van der Waals surface area contributed by atoms with Crippen LogP contribution in [0.4, 0.5) is 0 Å². The van der Waals surface area contributed by atoms with Crippen LogP contribution in [0.5, 0.6) is 0 Å². The normalized spacial score (nSPS) is 17.4. The van der Waals surface area contributed by atoms with Gasteiger partial charge in [0.05, 0.1) is 0 Å². The van der Waals surface area contributed by atoms with Crippen molar-refractivity contribution < 1.29 is 0 Å². The molecule has 0 aliphatic heterocycles. The zero-order chi connectivity index (χ0) is 11.3. The van der Waals surface area contributed by atoms with Crippen molar-refractivity contribution in [2.45, 2.75) is 40.5 Å². The van der Waals surface area contributed by atoms with E-state index in [0.29, 0.717) is 5.41 Å². The summed E-state index contributed by atoms with van der Waals surface area (Å²) in [6.07, 6.45) is 2.92. The summed E-state index contributed by atoms with van der Waals surface area (Å²) < 4.78 is 0. The number of hydrogen-bond acceptors (Lipinski definition) is 2. The van der Waals surface area contributed by atoms with Gasteiger partial charge in [0, 0.05) is 19.6 Å². The third kappa shape index (κ3) is 5.53. The number of nitrogens with zero attached hydrogens (tertiary/aromatic N) is 1. The van der Waals surface area contributed by atoms with Gasteiger partial charge in [-0.05, 0) is 37.3 Å². The molecule has 0 radical (unpaired) electrons. The maximum atomic E-state index is 3.46. The Balaban J connectivity index is 2.27. The van der Waals surface area contributed by atoms with Crippen molar-refractivity contribution in [3.63, 3.8) is 0 Å². The standard InChI is InChI=1S/C13H28N2/c1-5-14-10-13(3,4)11-15(6-2)9-12-7-8-12/h12,14H,5-11H2,1-4H3. The average Bonchev–Trinajstić information content (AvgIpc) is 2.97. The quantitative estimate of drug-likeness (QED) is 0.664. The summed E-state index contributed by atoms with van der Waals surface area (Å²) >= 11 is 0. The Morgan fingerprint density at radius 2 is 1.93 bits per heavy atom. The zero-order valence-electron chi connectivity index (χ0n) is 11.0. The Morgan fingerprint density at radius 1 is 1.27 bits per heavy atom. The summed E-state index contributed by atoms with van der Waals surface area (Å²) in [6, 6.07) is 0. The Labute approximate surface area is 95.4 Å². The monoisotopic (exact) mass is 212 g/mol. The fraction of sp³-hybridized carbons (Fsp3) is 1.00. The minimum Gasteiger partial charge on any atom is -0.316 e. The lowest BCUT2D eigenvalue weighted by Crippen LogP contribution is -2.41. The Morgan fingerprint density at radius 3 is 2.40 bits per heavy atom. The highest BCUT2D eigenvalue weighted by molar-refractivity contribution is 4.81. The fourth-order valence-corrected chi connectivity index (χ4v) is 2.10. The Hall–Kier alpha value is -0.0800. The molecular weight excluding hydrogens is 184 g/mol. The van der Waals surface area contributed by atoms with Crippen molar-refractivity contribution in [3.05, 3.63) is 0 Å². The molecule has 90 valence electrons. The van der Waals surface area contributed by atoms with E-state index in [9.17, 15) is 0 Å². The molecule has 1 N–H and O–H groups in total. The van der Waals surface area contributed by atoms with Gasteiger partial charge in [0.25, 0.3) is 0 Å². The van der Waals surface area contributed by atoms with Gasteiger partial charge in [-0.1, -0.05) is 27.7 Å². The van der Waals surface area contributed by atoms with Gasteiger partial charge >= 0.3 is 0 Å². The van der Waals surface area contributed by atoms with E-state index >= 15 is 0 Å². The molecule has 1 aliphatic carbocycles. The van der Waals surface area contributed by atoms with Crippen molar-refractivity contribution in [1.82, 2.24) is 10.2 Å². The second-order valence-electron chi connectivity index (χ2n) is 5.72. The van der Waals surface area contributed by atoms with Gasteiger partial charge in [0.1, 0.15) is 0 Å². The van der Waals surface area contributed by atoms with Crippen molar-refractivity contribution in [3.8, 4) is 0 Å². The van der Waals surface area contributed by atoms with Gasteiger partial charge in [-0.25, -0.2) is 0 Å². The van der Waals surface area contributed by atoms with Crippen LogP contribution in [-0.4, -0.2) is 37.6 Å². The first-order valence-corrected chi connectivity index (χ1v) is 6.50. The third-order valence-corrected chi connectivity index (χ3v) is 3.17. The molecule has 2 heteroatoms. The molecule has 0 spiro atoms. The summed E-state index contributed by atoms with van der Waals surface area (Å²) in [6.45, 7) is 15.2. The minimum absolute atomic E-state index is 0.404. The Kier molecular flexibility index (Phi) is 5.07. The van der Waals surface area contributed by atoms with Gasteiger partial charge in [-0.3, -0.25) is 0 Å². The van der Waals surface area contributed by atoms with Crippen LogP contribution in [0.1, 0.15) is 40.5 Å². The molecule has 1 fully saturated rings. The van der Waals surface area contributed by atoms with Gasteiger partial charge in [-0.15, -0.1) is 0 Å². The molecule has 0 aromatic heterocycles. The SMILES string of the molecule is CCNCC(C)(C)CN(CC)CC1CC1. The van der Waals surface area contributed by atoms with Crippen LogP contribution in [0.15, 0.2) is 0 Å². The molecule has 0 aromatic rings. The van der Waals surface area contributed by atoms with E-state index in [-0.39, 0.29) is 0 Å². The molecule has 0 bridgehead atoms. The maximum absolute atomic E-state index is 3.46. The molecule has 15 heavy (non-hydrogen) atoms. The van der Waals surface area contributed by atoms with E-state index in [1.54, 1.807) is 0 Å². The summed E-state index contributed by atoms with van der Waals surface area (Å²) in [5, 5.41) is 3.46. The molecular formula is C13H28N2. The molecule has 0 heterocycles. The molecule has 1 aliphatic rings. The molecule has 0 aromatic carbocycles. The molecule has 1 rings (SSSR count). The van der Waals surface area contributed by atoms with Crippen molar-refractivity contribution >= 4 is 0 Å². The highest BCUT2D eigenvalue weighted by atomic mass is 15.1. The third-order valence-electron chi connectivity index (χ3n) is 3.17. The van der Waals surface area contributed by atoms with E-state index in [2.05, 4.69) is 37.9 Å². The fourth-order valence-electron chi connectivity index (χ4n) is 2.10. The van der Waals surface area contributed by atoms with Gasteiger partial charge in [-0.2, -0.15) is 0 Å². The van der Waals surface area contributed by atoms with Crippen LogP contribution in [0.3, 0.4) is 0 Å². The molecule has 0 atom stereocenters. The molecule has 0 unspecified atom stereocenters. The summed E-state index contributed by atoms with van der Waals surface area (Å²) in [5.41, 5.74) is 0.404. The Bertz CT molecular complexity index is 173. The molecule has 0 saturated heterocycles. The lowest BCUT2D eigenvalue weighted by molar-refractivity contribution is 0.176. The van der Waals surface area contributed by atoms with Crippen molar-refractivity contribution in [1.29, 1.82) is 0 Å². The first kappa shape index (κ1) is 13.0. The number of rotatable bonds is 8. The smallest absolute Gasteiger partial charge is 0.00448 e. The van der Waals surface area contributed by atoms with E-state index in [4.69, 9.17) is 0 Å². The van der Waals surface area contributed by atoms with Crippen molar-refractivity contribution in [2.75, 3.05) is 32.7 Å². The molecule has 1 saturated carbocycles. The van der Waals surface area contributed by atoms with E-state index in [0.717, 1.165) is 19.0 Å². The largest absolute Gasteiger partial charge is 0.316 e. The van der Waals surface area contributed by atoms with E-state index in [1.807, 2.05) is 0 Å². The summed E-state index contributed by atoms with van der Waals surface area (Å²) in [7, 11) is 0. The van der Waals surface area contributed by atoms with Crippen LogP contribution >= 0.6 is 0 Å². The number of hydrogen-bond donors (Lipinski definition) is 1. The van der Waals surface area contributed by atoms with Gasteiger partial charge < -0.3 is 10.2 Å². The molecule has 2 nitrogen and oxygen atoms in total. The maximum Gasteiger partial charge on any atom is 0.00448 e. The van der Waals surface area contributed by atoms with E-state index < -0.39 is 0 Å². The van der Waals surface area contributed by atoms with Gasteiger partial charge in [0.15, 0.2) is 0 Å². The predicted octanol–water partition coefficient (Wildman–Crippen LogP) is 2.35. The van der Waals surface area contributed by atoms with Crippen LogP contribution in [0.25, 0.3) is 0 Å². The van der Waals surface area contributed by atoms with E-state index in [1.165, 1.54) is 32.5 Å². The first-order valence-electron chi connectivity index (χ1n) is 6.50. The highest BCUT2D eigenvalue weighted by Gasteiger charge is 2.27. The van der Waals surface area contributed by atoms with Gasteiger partial charge in [0.2, 0.25) is 0 Å². The lowest BCUT2D eigenvalue weighted by atomic mass is 9.92. The van der Waals surface area contributed by atoms with Crippen LogP contribution in [0.2, 0.25) is 0 Å². The highest BCUT2D eigenvalue weighted by Crippen LogP contribution is 2.30. The lowest BCUT2D eigenvalue weighted by Gasteiger charge is -2.32. The molecule has 0 amide bonds. The second-order valence-corrected chi connectivity index (χ2v) is 5.72. The second kappa shape index (κ2) is 5.86. The number of nitrogens with one attached hydrogen (secondary N) is 1. The van der Waals surface area contributed by atoms with Crippen molar-refractivity contribution in [2.24, 2.45) is 11.3 Å². The van der Waals surface area contributed by atoms with Crippen LogP contribution in [-0.2, 0) is 0 Å².